The third-order valence-electron chi connectivity index (χ3n) is 4.92. The van der Waals surface area contributed by atoms with Crippen LogP contribution in [0.15, 0.2) is 66.7 Å². The van der Waals surface area contributed by atoms with Crippen molar-refractivity contribution in [2.45, 2.75) is 38.0 Å². The lowest BCUT2D eigenvalue weighted by Crippen LogP contribution is -2.40. The molecule has 0 bridgehead atoms. The summed E-state index contributed by atoms with van der Waals surface area (Å²) in [6, 6.07) is 17.7. The molecule has 126 valence electrons. The minimum absolute atomic E-state index is 0.101. The van der Waals surface area contributed by atoms with E-state index in [4.69, 9.17) is 0 Å². The van der Waals surface area contributed by atoms with Crippen molar-refractivity contribution in [3.05, 3.63) is 77.9 Å². The van der Waals surface area contributed by atoms with Gasteiger partial charge in [-0.05, 0) is 31.4 Å². The normalized spacial score (nSPS) is 20.7. The zero-order valence-corrected chi connectivity index (χ0v) is 14.0. The highest BCUT2D eigenvalue weighted by molar-refractivity contribution is 5.34. The van der Waals surface area contributed by atoms with Gasteiger partial charge in [-0.25, -0.2) is 0 Å². The first kappa shape index (κ1) is 16.7. The molecule has 3 atom stereocenters. The third kappa shape index (κ3) is 3.69. The zero-order valence-electron chi connectivity index (χ0n) is 14.0. The van der Waals surface area contributed by atoms with E-state index in [1.807, 2.05) is 48.5 Å². The number of aliphatic hydroxyl groups is 1. The van der Waals surface area contributed by atoms with Crippen LogP contribution in [0.4, 0.5) is 0 Å². The monoisotopic (exact) mass is 323 g/mol. The van der Waals surface area contributed by atoms with Crippen LogP contribution in [0.5, 0.6) is 5.75 Å². The van der Waals surface area contributed by atoms with Crippen molar-refractivity contribution in [2.24, 2.45) is 0 Å². The molecule has 0 radical (unpaired) electrons. The van der Waals surface area contributed by atoms with E-state index < -0.39 is 6.10 Å². The summed E-state index contributed by atoms with van der Waals surface area (Å²) in [6.07, 6.45) is 5.49. The van der Waals surface area contributed by atoms with Crippen LogP contribution in [0, 0.1) is 0 Å². The lowest BCUT2D eigenvalue weighted by Gasteiger charge is -2.39. The van der Waals surface area contributed by atoms with Gasteiger partial charge >= 0.3 is 0 Å². The Bertz CT molecular complexity index is 683. The van der Waals surface area contributed by atoms with Gasteiger partial charge in [-0.1, -0.05) is 60.7 Å². The minimum Gasteiger partial charge on any atom is -0.508 e. The Kier molecular flexibility index (Phi) is 5.34. The van der Waals surface area contributed by atoms with E-state index in [2.05, 4.69) is 24.0 Å². The van der Waals surface area contributed by atoms with Crippen molar-refractivity contribution in [3.63, 3.8) is 0 Å². The first-order chi connectivity index (χ1) is 11.7. The summed E-state index contributed by atoms with van der Waals surface area (Å²) in [5, 5.41) is 20.8. The number of para-hydroxylation sites is 1. The Hall–Kier alpha value is -2.10. The number of rotatable bonds is 5. The van der Waals surface area contributed by atoms with Gasteiger partial charge in [-0.3, -0.25) is 4.90 Å². The van der Waals surface area contributed by atoms with E-state index in [1.165, 1.54) is 0 Å². The van der Waals surface area contributed by atoms with Crippen molar-refractivity contribution < 1.29 is 10.2 Å². The van der Waals surface area contributed by atoms with Crippen LogP contribution in [0.3, 0.4) is 0 Å². The molecule has 0 saturated heterocycles. The molecule has 0 amide bonds. The Labute approximate surface area is 143 Å². The van der Waals surface area contributed by atoms with E-state index in [1.54, 1.807) is 6.07 Å². The fourth-order valence-electron chi connectivity index (χ4n) is 3.53. The molecule has 1 aliphatic heterocycles. The summed E-state index contributed by atoms with van der Waals surface area (Å²) in [6.45, 7) is 2.96. The number of hydrogen-bond acceptors (Lipinski definition) is 3. The van der Waals surface area contributed by atoms with Crippen LogP contribution in [0.25, 0.3) is 0 Å². The lowest BCUT2D eigenvalue weighted by molar-refractivity contribution is 0.0823. The molecule has 0 spiro atoms. The maximum atomic E-state index is 10.6. The van der Waals surface area contributed by atoms with Crippen LogP contribution in [0.1, 0.15) is 43.0 Å². The molecule has 0 aliphatic carbocycles. The second-order valence-electron chi connectivity index (χ2n) is 6.45. The lowest BCUT2D eigenvalue weighted by atomic mass is 9.94. The van der Waals surface area contributed by atoms with Gasteiger partial charge in [0.2, 0.25) is 0 Å². The van der Waals surface area contributed by atoms with Crippen molar-refractivity contribution in [2.75, 3.05) is 6.54 Å². The molecule has 24 heavy (non-hydrogen) atoms. The summed E-state index contributed by atoms with van der Waals surface area (Å²) in [7, 11) is 0. The highest BCUT2D eigenvalue weighted by Crippen LogP contribution is 2.34. The Balaban J connectivity index is 1.76. The second kappa shape index (κ2) is 7.65. The molecule has 2 unspecified atom stereocenters. The Morgan fingerprint density at radius 3 is 2.50 bits per heavy atom. The number of phenolic OH excluding ortho intramolecular Hbond substituents is 1. The van der Waals surface area contributed by atoms with Crippen LogP contribution < -0.4 is 0 Å². The SMILES string of the molecule is CC(c1ccccc1O)N1CC=CCC1C[C@@H](O)c1ccccc1. The first-order valence-electron chi connectivity index (χ1n) is 8.58. The topological polar surface area (TPSA) is 43.7 Å². The second-order valence-corrected chi connectivity index (χ2v) is 6.45. The predicted octanol–water partition coefficient (Wildman–Crippen LogP) is 4.21. The molecular weight excluding hydrogens is 298 g/mol. The van der Waals surface area contributed by atoms with E-state index in [0.29, 0.717) is 12.2 Å². The number of aliphatic hydroxyl groups excluding tert-OH is 1. The van der Waals surface area contributed by atoms with Crippen molar-refractivity contribution in [1.29, 1.82) is 0 Å². The van der Waals surface area contributed by atoms with E-state index >= 15 is 0 Å². The van der Waals surface area contributed by atoms with Crippen LogP contribution in [0.2, 0.25) is 0 Å². The third-order valence-corrected chi connectivity index (χ3v) is 4.92. The largest absolute Gasteiger partial charge is 0.508 e. The van der Waals surface area contributed by atoms with Gasteiger partial charge in [0.1, 0.15) is 5.75 Å². The number of phenols is 1. The van der Waals surface area contributed by atoms with Gasteiger partial charge in [0.15, 0.2) is 0 Å². The molecule has 0 fully saturated rings. The van der Waals surface area contributed by atoms with E-state index in [9.17, 15) is 10.2 Å². The van der Waals surface area contributed by atoms with Crippen LogP contribution >= 0.6 is 0 Å². The highest BCUT2D eigenvalue weighted by Gasteiger charge is 2.28. The van der Waals surface area contributed by atoms with E-state index in [-0.39, 0.29) is 12.1 Å². The fraction of sp³-hybridized carbons (Fsp3) is 0.333. The quantitative estimate of drug-likeness (QED) is 0.810. The maximum Gasteiger partial charge on any atom is 0.120 e. The minimum atomic E-state index is -0.471. The number of aromatic hydroxyl groups is 1. The summed E-state index contributed by atoms with van der Waals surface area (Å²) in [4.78, 5) is 2.36. The summed E-state index contributed by atoms with van der Waals surface area (Å²) in [5.41, 5.74) is 1.90. The average Bonchev–Trinajstić information content (AvgIpc) is 2.63. The molecule has 1 heterocycles. The van der Waals surface area contributed by atoms with E-state index in [0.717, 1.165) is 24.1 Å². The molecule has 0 aromatic heterocycles. The first-order valence-corrected chi connectivity index (χ1v) is 8.58. The molecule has 1 aliphatic rings. The molecule has 2 aromatic rings. The molecular formula is C21H25NO2. The predicted molar refractivity (Wildman–Crippen MR) is 96.8 cm³/mol. The fourth-order valence-corrected chi connectivity index (χ4v) is 3.53. The molecule has 3 heteroatoms. The van der Waals surface area contributed by atoms with Gasteiger partial charge in [-0.15, -0.1) is 0 Å². The van der Waals surface area contributed by atoms with Crippen LogP contribution in [-0.2, 0) is 0 Å². The van der Waals surface area contributed by atoms with Gasteiger partial charge in [0.25, 0.3) is 0 Å². The summed E-state index contributed by atoms with van der Waals surface area (Å²) >= 11 is 0. The maximum absolute atomic E-state index is 10.6. The summed E-state index contributed by atoms with van der Waals surface area (Å²) in [5.74, 6) is 0.335. The Morgan fingerprint density at radius 1 is 1.04 bits per heavy atom. The van der Waals surface area contributed by atoms with Gasteiger partial charge in [0, 0.05) is 24.2 Å². The Morgan fingerprint density at radius 2 is 1.75 bits per heavy atom. The molecule has 2 N–H and O–H groups in total. The molecule has 2 aromatic carbocycles. The average molecular weight is 323 g/mol. The van der Waals surface area contributed by atoms with Crippen molar-refractivity contribution >= 4 is 0 Å². The summed E-state index contributed by atoms with van der Waals surface area (Å²) < 4.78 is 0. The van der Waals surface area contributed by atoms with Crippen molar-refractivity contribution in [1.82, 2.24) is 4.90 Å². The smallest absolute Gasteiger partial charge is 0.120 e. The van der Waals surface area contributed by atoms with Crippen LogP contribution in [-0.4, -0.2) is 27.7 Å². The molecule has 3 nitrogen and oxygen atoms in total. The van der Waals surface area contributed by atoms with Crippen molar-refractivity contribution in [3.8, 4) is 5.75 Å². The highest BCUT2D eigenvalue weighted by atomic mass is 16.3. The molecule has 0 saturated carbocycles. The standard InChI is InChI=1S/C21H25NO2/c1-16(19-12-5-6-13-20(19)23)22-14-8-7-11-18(22)15-21(24)17-9-3-2-4-10-17/h2-10,12-13,16,18,21,23-24H,11,14-15H2,1H3/t16?,18?,21-/m1/s1. The number of benzene rings is 2. The number of hydrogen-bond donors (Lipinski definition) is 2. The zero-order chi connectivity index (χ0) is 16.9. The van der Waals surface area contributed by atoms with Gasteiger partial charge < -0.3 is 10.2 Å². The molecule has 3 rings (SSSR count). The van der Waals surface area contributed by atoms with Gasteiger partial charge in [-0.2, -0.15) is 0 Å². The van der Waals surface area contributed by atoms with Gasteiger partial charge in [0.05, 0.1) is 6.10 Å². The number of nitrogens with zero attached hydrogens (tertiary/aromatic N) is 1.